The fourth-order valence-electron chi connectivity index (χ4n) is 6.77. The number of carbonyl (C=O) groups excluding carboxylic acids is 3. The summed E-state index contributed by atoms with van der Waals surface area (Å²) in [5.74, 6) is -1.42. The van der Waals surface area contributed by atoms with Gasteiger partial charge in [-0.2, -0.15) is 0 Å². The molecule has 0 spiro atoms. The second-order valence-corrected chi connectivity index (χ2v) is 18.5. The molecule has 1 N–H and O–H groups in total. The van der Waals surface area contributed by atoms with Crippen LogP contribution in [0, 0.1) is 22.7 Å². The Morgan fingerprint density at radius 3 is 2.38 bits per heavy atom. The van der Waals surface area contributed by atoms with Gasteiger partial charge >= 0.3 is 17.9 Å². The van der Waals surface area contributed by atoms with Crippen molar-refractivity contribution < 1.29 is 38.1 Å². The number of hydrogen-bond acceptors (Lipinski definition) is 8. The molecule has 1 heterocycles. The Morgan fingerprint density at radius 2 is 1.87 bits per heavy atom. The maximum atomic E-state index is 12.1. The van der Waals surface area contributed by atoms with Crippen LogP contribution in [0.25, 0.3) is 0 Å². The Labute approximate surface area is 234 Å². The third-order valence-corrected chi connectivity index (χ3v) is 14.6. The van der Waals surface area contributed by atoms with Crippen LogP contribution in [0.5, 0.6) is 0 Å². The van der Waals surface area contributed by atoms with Gasteiger partial charge in [-0.3, -0.25) is 9.59 Å². The van der Waals surface area contributed by atoms with Crippen molar-refractivity contribution in [3.8, 4) is 0 Å². The largest absolute Gasteiger partial charge is 0.465 e. The van der Waals surface area contributed by atoms with Crippen LogP contribution >= 0.6 is 0 Å². The molecule has 0 aromatic heterocycles. The molecule has 0 amide bonds. The van der Waals surface area contributed by atoms with Gasteiger partial charge in [-0.15, -0.1) is 0 Å². The SMILES string of the molecule is C=C1C(O)C[C@@H]2[C@](C)(COC(C)=O)[C@H](OC(C)=O)CC[C@@]2(C)[C@@H]1C[C@H](O[Si](C)(C)C(C)(C)C)C1=CC(=O)OC1. The average Bonchev–Trinajstić information content (AvgIpc) is 3.24. The molecule has 2 aliphatic carbocycles. The highest BCUT2D eigenvalue weighted by atomic mass is 28.4. The minimum absolute atomic E-state index is 0.0461. The topological polar surface area (TPSA) is 108 Å². The minimum Gasteiger partial charge on any atom is -0.465 e. The van der Waals surface area contributed by atoms with Crippen LogP contribution in [0.4, 0.5) is 0 Å². The van der Waals surface area contributed by atoms with E-state index in [0.717, 1.165) is 17.6 Å². The van der Waals surface area contributed by atoms with Crippen LogP contribution in [0.2, 0.25) is 18.1 Å². The maximum Gasteiger partial charge on any atom is 0.331 e. The van der Waals surface area contributed by atoms with Crippen molar-refractivity contribution in [2.75, 3.05) is 13.2 Å². The van der Waals surface area contributed by atoms with Gasteiger partial charge in [0.1, 0.15) is 19.3 Å². The van der Waals surface area contributed by atoms with Gasteiger partial charge in [0, 0.05) is 30.9 Å². The maximum absolute atomic E-state index is 12.1. The van der Waals surface area contributed by atoms with Gasteiger partial charge in [-0.05, 0) is 66.6 Å². The fraction of sp³-hybridized carbons (Fsp3) is 0.767. The van der Waals surface area contributed by atoms with E-state index in [-0.39, 0.29) is 53.5 Å². The molecular formula is C30H48O8Si. The smallest absolute Gasteiger partial charge is 0.331 e. The summed E-state index contributed by atoms with van der Waals surface area (Å²) in [6.07, 6.45) is 2.26. The van der Waals surface area contributed by atoms with Crippen molar-refractivity contribution in [3.63, 3.8) is 0 Å². The molecule has 7 atom stereocenters. The Balaban J connectivity index is 2.04. The first kappa shape index (κ1) is 31.6. The van der Waals surface area contributed by atoms with Gasteiger partial charge in [-0.1, -0.05) is 41.2 Å². The number of aliphatic hydroxyl groups is 1. The highest BCUT2D eigenvalue weighted by molar-refractivity contribution is 6.74. The van der Waals surface area contributed by atoms with Crippen LogP contribution in [0.15, 0.2) is 23.8 Å². The number of cyclic esters (lactones) is 1. The summed E-state index contributed by atoms with van der Waals surface area (Å²) in [5, 5.41) is 11.3. The standard InChI is InChI=1S/C30H48O8Si/c1-18-22(14-24(21-13-27(34)35-16-21)38-39(9,10)28(4,5)6)29(7)12-11-26(37-20(3)32)30(8,17-36-19(2)31)25(29)15-23(18)33/h13,22-26,33H,1,11-12,14-17H2,2-10H3/t22-,23?,24+,25+,26-,29+,30+/m1/s1. The zero-order valence-corrected chi connectivity index (χ0v) is 26.2. The van der Waals surface area contributed by atoms with Crippen LogP contribution < -0.4 is 0 Å². The molecule has 0 bridgehead atoms. The third-order valence-electron chi connectivity index (χ3n) is 10.1. The van der Waals surface area contributed by atoms with Crippen molar-refractivity contribution in [2.24, 2.45) is 22.7 Å². The van der Waals surface area contributed by atoms with Crippen LogP contribution in [-0.2, 0) is 33.0 Å². The molecule has 0 aromatic carbocycles. The molecule has 2 fully saturated rings. The lowest BCUT2D eigenvalue weighted by Crippen LogP contribution is -2.61. The first-order chi connectivity index (χ1) is 17.8. The quantitative estimate of drug-likeness (QED) is 0.188. The summed E-state index contributed by atoms with van der Waals surface area (Å²) in [6.45, 7) is 22.5. The van der Waals surface area contributed by atoms with E-state index in [1.807, 2.05) is 6.92 Å². The molecule has 1 unspecified atom stereocenters. The number of hydrogen-bond donors (Lipinski definition) is 1. The first-order valence-corrected chi connectivity index (χ1v) is 16.9. The van der Waals surface area contributed by atoms with Crippen LogP contribution in [0.1, 0.15) is 74.1 Å². The normalized spacial score (nSPS) is 34.1. The summed E-state index contributed by atoms with van der Waals surface area (Å²) in [6, 6.07) is 0. The molecule has 0 saturated heterocycles. The van der Waals surface area contributed by atoms with E-state index in [0.29, 0.717) is 19.3 Å². The van der Waals surface area contributed by atoms with E-state index in [1.165, 1.54) is 13.8 Å². The number of esters is 3. The van der Waals surface area contributed by atoms with Gasteiger partial charge in [0.15, 0.2) is 8.32 Å². The molecular weight excluding hydrogens is 516 g/mol. The van der Waals surface area contributed by atoms with Gasteiger partial charge in [0.05, 0.1) is 12.2 Å². The van der Waals surface area contributed by atoms with Gasteiger partial charge in [0.2, 0.25) is 0 Å². The molecule has 39 heavy (non-hydrogen) atoms. The summed E-state index contributed by atoms with van der Waals surface area (Å²) < 4.78 is 23.6. The average molecular weight is 565 g/mol. The monoisotopic (exact) mass is 564 g/mol. The number of carbonyl (C=O) groups is 3. The molecule has 220 valence electrons. The van der Waals surface area contributed by atoms with Crippen LogP contribution in [0.3, 0.4) is 0 Å². The van der Waals surface area contributed by atoms with Gasteiger partial charge in [0.25, 0.3) is 0 Å². The van der Waals surface area contributed by atoms with Gasteiger partial charge in [-0.25, -0.2) is 4.79 Å². The fourth-order valence-corrected chi connectivity index (χ4v) is 8.08. The van der Waals surface area contributed by atoms with Crippen molar-refractivity contribution in [1.29, 1.82) is 0 Å². The highest BCUT2D eigenvalue weighted by Crippen LogP contribution is 2.63. The molecule has 8 nitrogen and oxygen atoms in total. The Hall–Kier alpha value is -1.97. The van der Waals surface area contributed by atoms with E-state index in [1.54, 1.807) is 6.08 Å². The third kappa shape index (κ3) is 6.35. The van der Waals surface area contributed by atoms with E-state index < -0.39 is 31.9 Å². The predicted octanol–water partition coefficient (Wildman–Crippen LogP) is 5.10. The van der Waals surface area contributed by atoms with Crippen molar-refractivity contribution in [3.05, 3.63) is 23.8 Å². The summed E-state index contributed by atoms with van der Waals surface area (Å²) in [7, 11) is -2.25. The second kappa shape index (κ2) is 11.1. The van der Waals surface area contributed by atoms with E-state index >= 15 is 0 Å². The van der Waals surface area contributed by atoms with E-state index in [4.69, 9.17) is 18.6 Å². The first-order valence-electron chi connectivity index (χ1n) is 14.0. The predicted molar refractivity (Wildman–Crippen MR) is 150 cm³/mol. The van der Waals surface area contributed by atoms with E-state index in [9.17, 15) is 19.5 Å². The number of ether oxygens (including phenoxy) is 3. The summed E-state index contributed by atoms with van der Waals surface area (Å²) >= 11 is 0. The molecule has 0 radical (unpaired) electrons. The molecule has 1 aliphatic heterocycles. The molecule has 9 heteroatoms. The highest BCUT2D eigenvalue weighted by Gasteiger charge is 2.61. The van der Waals surface area contributed by atoms with Crippen LogP contribution in [-0.4, -0.2) is 62.9 Å². The molecule has 3 rings (SSSR count). The minimum atomic E-state index is -2.25. The Morgan fingerprint density at radius 1 is 1.23 bits per heavy atom. The second-order valence-electron chi connectivity index (χ2n) is 13.8. The zero-order valence-electron chi connectivity index (χ0n) is 25.2. The molecule has 2 saturated carbocycles. The van der Waals surface area contributed by atoms with Crippen molar-refractivity contribution >= 4 is 26.2 Å². The van der Waals surface area contributed by atoms with Crippen molar-refractivity contribution in [1.82, 2.24) is 0 Å². The van der Waals surface area contributed by atoms with E-state index in [2.05, 4.69) is 47.4 Å². The summed E-state index contributed by atoms with van der Waals surface area (Å²) in [4.78, 5) is 36.0. The molecule has 3 aliphatic rings. The van der Waals surface area contributed by atoms with Crippen molar-refractivity contribution in [2.45, 2.75) is 111 Å². The summed E-state index contributed by atoms with van der Waals surface area (Å²) in [5.41, 5.74) is 0.519. The Kier molecular flexibility index (Phi) is 9.00. The molecule has 0 aromatic rings. The lowest BCUT2D eigenvalue weighted by Gasteiger charge is -2.61. The number of fused-ring (bicyclic) bond motifs is 1. The van der Waals surface area contributed by atoms with Gasteiger partial charge < -0.3 is 23.7 Å². The number of rotatable bonds is 8. The lowest BCUT2D eigenvalue weighted by molar-refractivity contribution is -0.197. The zero-order chi connectivity index (χ0) is 29.6. The lowest BCUT2D eigenvalue weighted by atomic mass is 9.45. The Bertz CT molecular complexity index is 1030. The number of aliphatic hydroxyl groups excluding tert-OH is 1.